The maximum Gasteiger partial charge on any atom is 0.0738 e. The molecule has 3 nitrogen and oxygen atoms in total. The van der Waals surface area contributed by atoms with Gasteiger partial charge in [0.15, 0.2) is 0 Å². The molecule has 0 spiro atoms. The lowest BCUT2D eigenvalue weighted by molar-refractivity contribution is 0.451. The van der Waals surface area contributed by atoms with Gasteiger partial charge in [-0.1, -0.05) is 46.0 Å². The molecule has 0 fully saturated rings. The summed E-state index contributed by atoms with van der Waals surface area (Å²) < 4.78 is 3.19. The Bertz CT molecular complexity index is 387. The van der Waals surface area contributed by atoms with Crippen molar-refractivity contribution in [2.45, 2.75) is 71.8 Å². The number of hydrogen-bond acceptors (Lipinski definition) is 2. The third-order valence-electron chi connectivity index (χ3n) is 3.85. The quantitative estimate of drug-likeness (QED) is 0.639. The van der Waals surface area contributed by atoms with Gasteiger partial charge < -0.3 is 5.32 Å². The van der Waals surface area contributed by atoms with E-state index in [1.807, 2.05) is 11.7 Å². The van der Waals surface area contributed by atoms with Crippen LogP contribution in [0.2, 0.25) is 0 Å². The van der Waals surface area contributed by atoms with Crippen LogP contribution in [-0.2, 0) is 13.5 Å². The molecule has 4 heteroatoms. The highest BCUT2D eigenvalue weighted by molar-refractivity contribution is 9.10. The molecule has 0 saturated carbocycles. The predicted molar refractivity (Wildman–Crippen MR) is 90.2 cm³/mol. The minimum atomic E-state index is 0.563. The molecule has 0 aliphatic heterocycles. The summed E-state index contributed by atoms with van der Waals surface area (Å²) in [4.78, 5) is 0. The van der Waals surface area contributed by atoms with Crippen LogP contribution in [0.4, 0.5) is 0 Å². The van der Waals surface area contributed by atoms with Crippen LogP contribution < -0.4 is 5.32 Å². The van der Waals surface area contributed by atoms with Crippen molar-refractivity contribution in [2.75, 3.05) is 6.54 Å². The van der Waals surface area contributed by atoms with Crippen molar-refractivity contribution >= 4 is 15.9 Å². The van der Waals surface area contributed by atoms with Gasteiger partial charge in [0.05, 0.1) is 15.9 Å². The summed E-state index contributed by atoms with van der Waals surface area (Å²) in [6.07, 6.45) is 9.07. The molecule has 0 aliphatic rings. The van der Waals surface area contributed by atoms with Gasteiger partial charge in [-0.3, -0.25) is 4.68 Å². The van der Waals surface area contributed by atoms with E-state index >= 15 is 0 Å². The zero-order chi connectivity index (χ0) is 15.0. The highest BCUT2D eigenvalue weighted by Gasteiger charge is 2.15. The van der Waals surface area contributed by atoms with E-state index in [-0.39, 0.29) is 0 Å². The van der Waals surface area contributed by atoms with Crippen LogP contribution in [0.3, 0.4) is 0 Å². The Morgan fingerprint density at radius 2 is 1.90 bits per heavy atom. The van der Waals surface area contributed by atoms with Crippen molar-refractivity contribution in [3.63, 3.8) is 0 Å². The van der Waals surface area contributed by atoms with Crippen molar-refractivity contribution in [3.8, 4) is 0 Å². The fraction of sp³-hybridized carbons (Fsp3) is 0.812. The van der Waals surface area contributed by atoms with Crippen LogP contribution in [0.15, 0.2) is 4.47 Å². The number of aromatic nitrogens is 2. The molecular weight excluding hydrogens is 314 g/mol. The lowest BCUT2D eigenvalue weighted by Crippen LogP contribution is -2.31. The van der Waals surface area contributed by atoms with E-state index in [1.54, 1.807) is 0 Å². The molecule has 1 atom stereocenters. The zero-order valence-electron chi connectivity index (χ0n) is 13.5. The van der Waals surface area contributed by atoms with Crippen molar-refractivity contribution in [1.82, 2.24) is 15.1 Å². The first kappa shape index (κ1) is 17.7. The second kappa shape index (κ2) is 9.56. The standard InChI is InChI=1S/C16H30BrN3/c1-5-7-8-9-10-11-14(18-6-2)12-15-16(17)13(3)19-20(15)4/h14,18H,5-12H2,1-4H3. The molecule has 1 rings (SSSR count). The fourth-order valence-electron chi connectivity index (χ4n) is 2.69. The first-order valence-corrected chi connectivity index (χ1v) is 8.80. The fourth-order valence-corrected chi connectivity index (χ4v) is 3.19. The maximum atomic E-state index is 4.49. The van der Waals surface area contributed by atoms with Gasteiger partial charge >= 0.3 is 0 Å². The van der Waals surface area contributed by atoms with Crippen LogP contribution in [0, 0.1) is 6.92 Å². The first-order valence-electron chi connectivity index (χ1n) is 8.01. The van der Waals surface area contributed by atoms with E-state index in [4.69, 9.17) is 0 Å². The molecule has 0 radical (unpaired) electrons. The zero-order valence-corrected chi connectivity index (χ0v) is 15.1. The predicted octanol–water partition coefficient (Wildman–Crippen LogP) is 4.37. The van der Waals surface area contributed by atoms with Crippen LogP contribution in [0.5, 0.6) is 0 Å². The molecule has 0 bridgehead atoms. The second-order valence-electron chi connectivity index (χ2n) is 5.63. The van der Waals surface area contributed by atoms with Crippen LogP contribution >= 0.6 is 15.9 Å². The molecule has 1 aromatic rings. The Balaban J connectivity index is 2.49. The minimum absolute atomic E-state index is 0.563. The molecule has 20 heavy (non-hydrogen) atoms. The van der Waals surface area contributed by atoms with Crippen molar-refractivity contribution in [1.29, 1.82) is 0 Å². The van der Waals surface area contributed by atoms with Gasteiger partial charge in [-0.25, -0.2) is 0 Å². The van der Waals surface area contributed by atoms with Gasteiger partial charge in [-0.05, 0) is 35.8 Å². The maximum absolute atomic E-state index is 4.49. The van der Waals surface area contributed by atoms with Gasteiger partial charge in [0.25, 0.3) is 0 Å². The second-order valence-corrected chi connectivity index (χ2v) is 6.42. The monoisotopic (exact) mass is 343 g/mol. The normalized spacial score (nSPS) is 12.8. The number of nitrogens with one attached hydrogen (secondary N) is 1. The largest absolute Gasteiger partial charge is 0.314 e. The molecule has 116 valence electrons. The van der Waals surface area contributed by atoms with Crippen LogP contribution in [0.25, 0.3) is 0 Å². The number of rotatable bonds is 10. The topological polar surface area (TPSA) is 29.9 Å². The van der Waals surface area contributed by atoms with Gasteiger partial charge in [0.2, 0.25) is 0 Å². The van der Waals surface area contributed by atoms with Crippen molar-refractivity contribution in [3.05, 3.63) is 15.9 Å². The van der Waals surface area contributed by atoms with E-state index in [0.717, 1.165) is 18.7 Å². The Labute approximate surface area is 132 Å². The van der Waals surface area contributed by atoms with Crippen LogP contribution in [0.1, 0.15) is 63.8 Å². The molecule has 0 amide bonds. The lowest BCUT2D eigenvalue weighted by Gasteiger charge is -2.18. The molecule has 1 aromatic heterocycles. The number of aryl methyl sites for hydroxylation is 2. The number of nitrogens with zero attached hydrogens (tertiary/aromatic N) is 2. The van der Waals surface area contributed by atoms with Crippen molar-refractivity contribution < 1.29 is 0 Å². The van der Waals surface area contributed by atoms with Gasteiger partial charge in [0.1, 0.15) is 0 Å². The van der Waals surface area contributed by atoms with E-state index < -0.39 is 0 Å². The van der Waals surface area contributed by atoms with Crippen LogP contribution in [-0.4, -0.2) is 22.4 Å². The highest BCUT2D eigenvalue weighted by Crippen LogP contribution is 2.22. The third kappa shape index (κ3) is 5.57. The summed E-state index contributed by atoms with van der Waals surface area (Å²) in [5.74, 6) is 0. The molecule has 0 aromatic carbocycles. The Hall–Kier alpha value is -0.350. The average molecular weight is 344 g/mol. The van der Waals surface area contributed by atoms with E-state index in [0.29, 0.717) is 6.04 Å². The Kier molecular flexibility index (Phi) is 8.46. The van der Waals surface area contributed by atoms with Gasteiger partial charge in [-0.15, -0.1) is 0 Å². The Morgan fingerprint density at radius 1 is 1.20 bits per heavy atom. The number of halogens is 1. The summed E-state index contributed by atoms with van der Waals surface area (Å²) in [5, 5.41) is 8.11. The van der Waals surface area contributed by atoms with Crippen molar-refractivity contribution in [2.24, 2.45) is 7.05 Å². The molecule has 1 heterocycles. The molecule has 0 aliphatic carbocycles. The Morgan fingerprint density at radius 3 is 2.45 bits per heavy atom. The molecule has 0 saturated heterocycles. The SMILES string of the molecule is CCCCCCCC(Cc1c(Br)c(C)nn1C)NCC. The summed E-state index contributed by atoms with van der Waals surface area (Å²) in [6, 6.07) is 0.563. The number of likely N-dealkylation sites (N-methyl/N-ethyl adjacent to an activating group) is 1. The average Bonchev–Trinajstić information content (AvgIpc) is 2.65. The number of unbranched alkanes of at least 4 members (excludes halogenated alkanes) is 4. The first-order chi connectivity index (χ1) is 9.60. The molecule has 1 unspecified atom stereocenters. The van der Waals surface area contributed by atoms with E-state index in [9.17, 15) is 0 Å². The number of hydrogen-bond donors (Lipinski definition) is 1. The summed E-state index contributed by atoms with van der Waals surface area (Å²) in [7, 11) is 2.04. The highest BCUT2D eigenvalue weighted by atomic mass is 79.9. The minimum Gasteiger partial charge on any atom is -0.314 e. The summed E-state index contributed by atoms with van der Waals surface area (Å²) >= 11 is 3.67. The van der Waals surface area contributed by atoms with E-state index in [2.05, 4.69) is 47.1 Å². The van der Waals surface area contributed by atoms with Gasteiger partial charge in [0, 0.05) is 19.5 Å². The third-order valence-corrected chi connectivity index (χ3v) is 4.88. The summed E-state index contributed by atoms with van der Waals surface area (Å²) in [6.45, 7) is 7.55. The summed E-state index contributed by atoms with van der Waals surface area (Å²) in [5.41, 5.74) is 2.39. The molecular formula is C16H30BrN3. The lowest BCUT2D eigenvalue weighted by atomic mass is 10.0. The van der Waals surface area contributed by atoms with Gasteiger partial charge in [-0.2, -0.15) is 5.10 Å². The smallest absolute Gasteiger partial charge is 0.0738 e. The molecule has 1 N–H and O–H groups in total. The van der Waals surface area contributed by atoms with E-state index in [1.165, 1.54) is 48.7 Å².